The lowest BCUT2D eigenvalue weighted by Crippen LogP contribution is -2.32. The molecule has 88 valence electrons. The van der Waals surface area contributed by atoms with E-state index in [-0.39, 0.29) is 5.70 Å². The predicted molar refractivity (Wildman–Crippen MR) is 60.3 cm³/mol. The van der Waals surface area contributed by atoms with E-state index in [2.05, 4.69) is 0 Å². The van der Waals surface area contributed by atoms with Crippen molar-refractivity contribution in [3.05, 3.63) is 23.7 Å². The van der Waals surface area contributed by atoms with Gasteiger partial charge in [0.25, 0.3) is 0 Å². The highest BCUT2D eigenvalue weighted by molar-refractivity contribution is 6.20. The molecule has 0 heterocycles. The molecule has 3 nitrogen and oxygen atoms in total. The summed E-state index contributed by atoms with van der Waals surface area (Å²) in [5.41, 5.74) is 0.146. The summed E-state index contributed by atoms with van der Waals surface area (Å²) < 4.78 is 12.8. The zero-order chi connectivity index (χ0) is 12.1. The van der Waals surface area contributed by atoms with Gasteiger partial charge >= 0.3 is 0 Å². The number of carbonyl (C=O) groups excluding carboxylic acids is 2. The van der Waals surface area contributed by atoms with Gasteiger partial charge in [0.05, 0.1) is 5.70 Å². The molecule has 0 aliphatic heterocycles. The van der Waals surface area contributed by atoms with Gasteiger partial charge in [0.2, 0.25) is 11.6 Å². The summed E-state index contributed by atoms with van der Waals surface area (Å²) in [7, 11) is 0. The highest BCUT2D eigenvalue weighted by Crippen LogP contribution is 2.16. The van der Waals surface area contributed by atoms with Gasteiger partial charge in [-0.25, -0.2) is 4.39 Å². The van der Waals surface area contributed by atoms with E-state index in [0.717, 1.165) is 6.08 Å². The summed E-state index contributed by atoms with van der Waals surface area (Å²) in [6.45, 7) is 0.767. The molecule has 6 heteroatoms. The maximum Gasteiger partial charge on any atom is 0.216 e. The van der Waals surface area contributed by atoms with E-state index >= 15 is 0 Å². The molecular formula is C10H10Cl2FNO2. The Labute approximate surface area is 102 Å². The van der Waals surface area contributed by atoms with Crippen LogP contribution in [-0.2, 0) is 9.59 Å². The van der Waals surface area contributed by atoms with Crippen LogP contribution in [0.15, 0.2) is 23.7 Å². The van der Waals surface area contributed by atoms with E-state index in [1.54, 1.807) is 4.90 Å². The van der Waals surface area contributed by atoms with Crippen LogP contribution in [0.3, 0.4) is 0 Å². The SMILES string of the molecule is O=C1C=C(N(CCCl)CCCl)C(=O)C=C1F. The Morgan fingerprint density at radius 2 is 1.62 bits per heavy atom. The maximum absolute atomic E-state index is 12.8. The summed E-state index contributed by atoms with van der Waals surface area (Å²) in [6, 6.07) is 0. The van der Waals surface area contributed by atoms with Crippen LogP contribution >= 0.6 is 23.2 Å². The second-order valence-corrected chi connectivity index (χ2v) is 3.87. The first-order valence-corrected chi connectivity index (χ1v) is 5.71. The number of ketones is 2. The largest absolute Gasteiger partial charge is 0.366 e. The summed E-state index contributed by atoms with van der Waals surface area (Å²) in [6.07, 6.45) is 1.67. The lowest BCUT2D eigenvalue weighted by Gasteiger charge is -2.25. The van der Waals surface area contributed by atoms with Crippen molar-refractivity contribution in [2.24, 2.45) is 0 Å². The Morgan fingerprint density at radius 3 is 2.12 bits per heavy atom. The van der Waals surface area contributed by atoms with Gasteiger partial charge in [0.15, 0.2) is 5.83 Å². The molecule has 1 rings (SSSR count). The first-order chi connectivity index (χ1) is 7.60. The molecule has 0 radical (unpaired) electrons. The van der Waals surface area contributed by atoms with E-state index < -0.39 is 17.4 Å². The standard InChI is InChI=1S/C10H10Cl2FNO2/c11-1-3-14(4-2-12)8-6-9(15)7(13)5-10(8)16/h5-6H,1-4H2. The third kappa shape index (κ3) is 3.06. The maximum atomic E-state index is 12.8. The van der Waals surface area contributed by atoms with Crippen LogP contribution in [0.1, 0.15) is 0 Å². The molecule has 0 fully saturated rings. The van der Waals surface area contributed by atoms with E-state index in [0.29, 0.717) is 30.9 Å². The van der Waals surface area contributed by atoms with Crippen LogP contribution in [0.4, 0.5) is 4.39 Å². The number of halogens is 3. The average molecular weight is 266 g/mol. The second kappa shape index (κ2) is 6.01. The highest BCUT2D eigenvalue weighted by Gasteiger charge is 2.23. The Kier molecular flexibility index (Phi) is 4.96. The van der Waals surface area contributed by atoms with Gasteiger partial charge in [-0.05, 0) is 0 Å². The predicted octanol–water partition coefficient (Wildman–Crippen LogP) is 1.66. The van der Waals surface area contributed by atoms with Crippen LogP contribution in [0, 0.1) is 0 Å². The number of allylic oxidation sites excluding steroid dienone is 3. The Morgan fingerprint density at radius 1 is 1.06 bits per heavy atom. The zero-order valence-electron chi connectivity index (χ0n) is 8.38. The molecule has 0 aromatic heterocycles. The molecule has 1 aliphatic rings. The Hall–Kier alpha value is -0.870. The smallest absolute Gasteiger partial charge is 0.216 e. The monoisotopic (exact) mass is 265 g/mol. The van der Waals surface area contributed by atoms with Crippen molar-refractivity contribution in [1.82, 2.24) is 4.90 Å². The molecule has 1 aliphatic carbocycles. The minimum absolute atomic E-state index is 0.146. The number of nitrogens with zero attached hydrogens (tertiary/aromatic N) is 1. The molecule has 0 spiro atoms. The van der Waals surface area contributed by atoms with Crippen molar-refractivity contribution in [1.29, 1.82) is 0 Å². The fraction of sp³-hybridized carbons (Fsp3) is 0.400. The fourth-order valence-corrected chi connectivity index (χ4v) is 1.74. The average Bonchev–Trinajstić information content (AvgIpc) is 2.23. The fourth-order valence-electron chi connectivity index (χ4n) is 1.33. The van der Waals surface area contributed by atoms with Gasteiger partial charge < -0.3 is 4.90 Å². The summed E-state index contributed by atoms with van der Waals surface area (Å²) >= 11 is 11.1. The van der Waals surface area contributed by atoms with Crippen LogP contribution in [0.5, 0.6) is 0 Å². The molecule has 0 bridgehead atoms. The third-order valence-corrected chi connectivity index (χ3v) is 2.40. The van der Waals surface area contributed by atoms with Crippen molar-refractivity contribution in [2.75, 3.05) is 24.8 Å². The highest BCUT2D eigenvalue weighted by atomic mass is 35.5. The van der Waals surface area contributed by atoms with Crippen molar-refractivity contribution in [2.45, 2.75) is 0 Å². The lowest BCUT2D eigenvalue weighted by atomic mass is 10.1. The first-order valence-electron chi connectivity index (χ1n) is 4.64. The van der Waals surface area contributed by atoms with Crippen molar-refractivity contribution < 1.29 is 14.0 Å². The van der Waals surface area contributed by atoms with Gasteiger partial charge in [-0.3, -0.25) is 9.59 Å². The van der Waals surface area contributed by atoms with E-state index in [9.17, 15) is 14.0 Å². The second-order valence-electron chi connectivity index (χ2n) is 3.12. The normalized spacial score (nSPS) is 15.9. The molecular weight excluding hydrogens is 256 g/mol. The number of rotatable bonds is 5. The molecule has 16 heavy (non-hydrogen) atoms. The molecule has 0 saturated carbocycles. The molecule has 0 aromatic carbocycles. The van der Waals surface area contributed by atoms with Crippen molar-refractivity contribution in [3.63, 3.8) is 0 Å². The van der Waals surface area contributed by atoms with Crippen LogP contribution in [0.25, 0.3) is 0 Å². The van der Waals surface area contributed by atoms with Gasteiger partial charge in [-0.1, -0.05) is 0 Å². The summed E-state index contributed by atoms with van der Waals surface area (Å²) in [5.74, 6) is -1.79. The van der Waals surface area contributed by atoms with Gasteiger partial charge in [0.1, 0.15) is 0 Å². The topological polar surface area (TPSA) is 37.4 Å². The first kappa shape index (κ1) is 13.2. The number of carbonyl (C=O) groups is 2. The van der Waals surface area contributed by atoms with Crippen molar-refractivity contribution in [3.8, 4) is 0 Å². The quantitative estimate of drug-likeness (QED) is 0.561. The van der Waals surface area contributed by atoms with Crippen LogP contribution in [-0.4, -0.2) is 41.3 Å². The molecule has 0 saturated heterocycles. The minimum Gasteiger partial charge on any atom is -0.366 e. The van der Waals surface area contributed by atoms with E-state index in [1.807, 2.05) is 0 Å². The van der Waals surface area contributed by atoms with E-state index in [1.165, 1.54) is 0 Å². The summed E-state index contributed by atoms with van der Waals surface area (Å²) in [5, 5.41) is 0. The van der Waals surface area contributed by atoms with Gasteiger partial charge in [-0.15, -0.1) is 23.2 Å². The number of hydrogen-bond donors (Lipinski definition) is 0. The third-order valence-electron chi connectivity index (χ3n) is 2.06. The number of alkyl halides is 2. The van der Waals surface area contributed by atoms with Crippen LogP contribution < -0.4 is 0 Å². The molecule has 0 unspecified atom stereocenters. The zero-order valence-corrected chi connectivity index (χ0v) is 9.89. The Bertz CT molecular complexity index is 360. The molecule has 0 aromatic rings. The molecule has 0 N–H and O–H groups in total. The van der Waals surface area contributed by atoms with Crippen molar-refractivity contribution >= 4 is 34.8 Å². The Balaban J connectivity index is 2.89. The summed E-state index contributed by atoms with van der Waals surface area (Å²) in [4.78, 5) is 24.1. The molecule has 0 amide bonds. The van der Waals surface area contributed by atoms with E-state index in [4.69, 9.17) is 23.2 Å². The minimum atomic E-state index is -1.04. The molecule has 0 atom stereocenters. The number of hydrogen-bond acceptors (Lipinski definition) is 3. The van der Waals surface area contributed by atoms with Crippen LogP contribution in [0.2, 0.25) is 0 Å². The van der Waals surface area contributed by atoms with Gasteiger partial charge in [-0.2, -0.15) is 0 Å². The van der Waals surface area contributed by atoms with Gasteiger partial charge in [0, 0.05) is 37.0 Å². The lowest BCUT2D eigenvalue weighted by molar-refractivity contribution is -0.117.